The van der Waals surface area contributed by atoms with Gasteiger partial charge in [-0.25, -0.2) is 9.98 Å². The lowest BCUT2D eigenvalue weighted by Crippen LogP contribution is -2.32. The van der Waals surface area contributed by atoms with Crippen molar-refractivity contribution in [2.45, 2.75) is 60.6 Å². The number of halogens is 1. The molecule has 31 heavy (non-hydrogen) atoms. The molecule has 0 unspecified atom stereocenters. The molecule has 0 radical (unpaired) electrons. The topological polar surface area (TPSA) is 80.9 Å². The summed E-state index contributed by atoms with van der Waals surface area (Å²) < 4.78 is 17.0. The Balaban J connectivity index is 0.00000480. The van der Waals surface area contributed by atoms with Gasteiger partial charge in [-0.15, -0.1) is 24.0 Å². The Labute approximate surface area is 203 Å². The van der Waals surface area contributed by atoms with Crippen LogP contribution in [0.5, 0.6) is 5.75 Å². The molecule has 2 aromatic rings. The molecule has 2 rings (SSSR count). The molecular formula is C23H37IN4O3. The number of nitrogens with zero attached hydrogens (tertiary/aromatic N) is 2. The van der Waals surface area contributed by atoms with Crippen LogP contribution in [0.3, 0.4) is 0 Å². The molecule has 0 saturated heterocycles. The largest absolute Gasteiger partial charge is 0.491 e. The SMILES string of the molecule is Cc1nc(CN=C(NCCCOCC(C)C)Nc2ccc(OC(C)C)cc2)oc1C.I. The molecule has 7 nitrogen and oxygen atoms in total. The molecule has 0 fully saturated rings. The standard InChI is InChI=1S/C23H36N4O3.HI/c1-16(2)15-28-13-7-12-24-23(25-14-22-26-18(5)19(6)30-22)27-20-8-10-21(11-9-20)29-17(3)4;/h8-11,16-17H,7,12-15H2,1-6H3,(H2,24,25,27);1H. The van der Waals surface area contributed by atoms with Crippen molar-refractivity contribution in [3.8, 4) is 5.75 Å². The van der Waals surface area contributed by atoms with Crippen LogP contribution in [0, 0.1) is 19.8 Å². The zero-order valence-electron chi connectivity index (χ0n) is 19.5. The number of aliphatic imine (C=N–C) groups is 1. The molecule has 1 aromatic carbocycles. The van der Waals surface area contributed by atoms with Crippen LogP contribution in [-0.4, -0.2) is 36.8 Å². The first-order valence-corrected chi connectivity index (χ1v) is 10.7. The van der Waals surface area contributed by atoms with E-state index >= 15 is 0 Å². The number of oxazole rings is 1. The number of guanidine groups is 1. The van der Waals surface area contributed by atoms with E-state index in [2.05, 4.69) is 34.5 Å². The molecule has 0 bridgehead atoms. The predicted octanol–water partition coefficient (Wildman–Crippen LogP) is 5.32. The van der Waals surface area contributed by atoms with E-state index in [1.54, 1.807) is 0 Å². The summed E-state index contributed by atoms with van der Waals surface area (Å²) in [7, 11) is 0. The first-order chi connectivity index (χ1) is 14.3. The summed E-state index contributed by atoms with van der Waals surface area (Å²) in [6, 6.07) is 7.83. The Hall–Kier alpha value is -1.81. The quantitative estimate of drug-likeness (QED) is 0.173. The number of anilines is 1. The second kappa shape index (κ2) is 14.3. The molecule has 2 N–H and O–H groups in total. The smallest absolute Gasteiger partial charge is 0.216 e. The highest BCUT2D eigenvalue weighted by Crippen LogP contribution is 2.17. The molecule has 0 spiro atoms. The second-order valence-electron chi connectivity index (χ2n) is 7.98. The van der Waals surface area contributed by atoms with Crippen LogP contribution < -0.4 is 15.4 Å². The van der Waals surface area contributed by atoms with E-state index in [-0.39, 0.29) is 30.1 Å². The number of aryl methyl sites for hydroxylation is 2. The summed E-state index contributed by atoms with van der Waals surface area (Å²) in [6.45, 7) is 14.8. The van der Waals surface area contributed by atoms with Crippen molar-refractivity contribution in [1.82, 2.24) is 10.3 Å². The fourth-order valence-corrected chi connectivity index (χ4v) is 2.62. The van der Waals surface area contributed by atoms with Gasteiger partial charge in [0.2, 0.25) is 5.89 Å². The Kier molecular flexibility index (Phi) is 12.5. The predicted molar refractivity (Wildman–Crippen MR) is 137 cm³/mol. The fraction of sp³-hybridized carbons (Fsp3) is 0.565. The average Bonchev–Trinajstić information content (AvgIpc) is 3.00. The van der Waals surface area contributed by atoms with E-state index < -0.39 is 0 Å². The minimum atomic E-state index is 0. The molecule has 1 aromatic heterocycles. The van der Waals surface area contributed by atoms with Crippen LogP contribution in [0.2, 0.25) is 0 Å². The number of hydrogen-bond donors (Lipinski definition) is 2. The summed E-state index contributed by atoms with van der Waals surface area (Å²) in [6.07, 6.45) is 1.04. The third kappa shape index (κ3) is 10.9. The van der Waals surface area contributed by atoms with E-state index in [1.807, 2.05) is 52.0 Å². The molecule has 0 saturated carbocycles. The highest BCUT2D eigenvalue weighted by atomic mass is 127. The van der Waals surface area contributed by atoms with Gasteiger partial charge in [0.25, 0.3) is 0 Å². The molecule has 0 aliphatic heterocycles. The molecule has 0 aliphatic carbocycles. The minimum absolute atomic E-state index is 0. The highest BCUT2D eigenvalue weighted by molar-refractivity contribution is 14.0. The van der Waals surface area contributed by atoms with Gasteiger partial charge in [0.05, 0.1) is 11.8 Å². The van der Waals surface area contributed by atoms with Crippen molar-refractivity contribution in [3.05, 3.63) is 41.6 Å². The first-order valence-electron chi connectivity index (χ1n) is 10.7. The van der Waals surface area contributed by atoms with E-state index in [0.29, 0.717) is 24.3 Å². The van der Waals surface area contributed by atoms with Crippen LogP contribution in [0.4, 0.5) is 5.69 Å². The molecule has 0 atom stereocenters. The van der Waals surface area contributed by atoms with Crippen molar-refractivity contribution in [3.63, 3.8) is 0 Å². The maximum atomic E-state index is 5.70. The van der Waals surface area contributed by atoms with Crippen molar-refractivity contribution in [2.24, 2.45) is 10.9 Å². The maximum absolute atomic E-state index is 5.70. The van der Waals surface area contributed by atoms with Crippen molar-refractivity contribution in [2.75, 3.05) is 25.1 Å². The first kappa shape index (κ1) is 27.2. The Morgan fingerprint density at radius 2 is 1.84 bits per heavy atom. The Bertz CT molecular complexity index is 769. The fourth-order valence-electron chi connectivity index (χ4n) is 2.62. The van der Waals surface area contributed by atoms with E-state index in [9.17, 15) is 0 Å². The summed E-state index contributed by atoms with van der Waals surface area (Å²) >= 11 is 0. The molecule has 0 amide bonds. The van der Waals surface area contributed by atoms with Crippen LogP contribution in [-0.2, 0) is 11.3 Å². The van der Waals surface area contributed by atoms with E-state index in [4.69, 9.17) is 13.9 Å². The second-order valence-corrected chi connectivity index (χ2v) is 7.98. The van der Waals surface area contributed by atoms with Gasteiger partial charge in [0.15, 0.2) is 5.96 Å². The normalized spacial score (nSPS) is 11.5. The van der Waals surface area contributed by atoms with Crippen molar-refractivity contribution < 1.29 is 13.9 Å². The van der Waals surface area contributed by atoms with Crippen molar-refractivity contribution >= 4 is 35.6 Å². The van der Waals surface area contributed by atoms with Crippen LogP contribution >= 0.6 is 24.0 Å². The van der Waals surface area contributed by atoms with Gasteiger partial charge in [0, 0.05) is 25.4 Å². The minimum Gasteiger partial charge on any atom is -0.491 e. The van der Waals surface area contributed by atoms with Gasteiger partial charge >= 0.3 is 0 Å². The molecular weight excluding hydrogens is 507 g/mol. The van der Waals surface area contributed by atoms with Gasteiger partial charge in [0.1, 0.15) is 18.1 Å². The lowest BCUT2D eigenvalue weighted by molar-refractivity contribution is 0.108. The molecule has 1 heterocycles. The summed E-state index contributed by atoms with van der Waals surface area (Å²) in [4.78, 5) is 9.03. The third-order valence-electron chi connectivity index (χ3n) is 4.14. The van der Waals surface area contributed by atoms with Gasteiger partial charge in [-0.2, -0.15) is 0 Å². The number of benzene rings is 1. The summed E-state index contributed by atoms with van der Waals surface area (Å²) in [5, 5.41) is 6.69. The average molecular weight is 544 g/mol. The zero-order chi connectivity index (χ0) is 21.9. The zero-order valence-corrected chi connectivity index (χ0v) is 21.9. The van der Waals surface area contributed by atoms with Gasteiger partial charge in [-0.1, -0.05) is 13.8 Å². The van der Waals surface area contributed by atoms with E-state index in [1.165, 1.54) is 0 Å². The number of rotatable bonds is 11. The molecule has 0 aliphatic rings. The summed E-state index contributed by atoms with van der Waals surface area (Å²) in [5.41, 5.74) is 1.82. The third-order valence-corrected chi connectivity index (χ3v) is 4.14. The Morgan fingerprint density at radius 1 is 1.13 bits per heavy atom. The lowest BCUT2D eigenvalue weighted by atomic mass is 10.2. The highest BCUT2D eigenvalue weighted by Gasteiger charge is 2.07. The molecule has 174 valence electrons. The van der Waals surface area contributed by atoms with Crippen LogP contribution in [0.25, 0.3) is 0 Å². The number of nitrogens with one attached hydrogen (secondary N) is 2. The molecule has 8 heteroatoms. The Morgan fingerprint density at radius 3 is 2.42 bits per heavy atom. The van der Waals surface area contributed by atoms with Gasteiger partial charge < -0.3 is 24.5 Å². The van der Waals surface area contributed by atoms with Gasteiger partial charge in [-0.05, 0) is 64.3 Å². The number of hydrogen-bond acceptors (Lipinski definition) is 5. The van der Waals surface area contributed by atoms with Crippen LogP contribution in [0.1, 0.15) is 51.5 Å². The summed E-state index contributed by atoms with van der Waals surface area (Å²) in [5.74, 6) is 3.49. The number of aromatic nitrogens is 1. The lowest BCUT2D eigenvalue weighted by Gasteiger charge is -2.14. The maximum Gasteiger partial charge on any atom is 0.216 e. The van der Waals surface area contributed by atoms with E-state index in [0.717, 1.165) is 49.1 Å². The van der Waals surface area contributed by atoms with Crippen LogP contribution in [0.15, 0.2) is 33.7 Å². The monoisotopic (exact) mass is 544 g/mol. The number of ether oxygens (including phenoxy) is 2. The van der Waals surface area contributed by atoms with Gasteiger partial charge in [-0.3, -0.25) is 0 Å². The van der Waals surface area contributed by atoms with Crippen molar-refractivity contribution in [1.29, 1.82) is 0 Å².